The van der Waals surface area contributed by atoms with Gasteiger partial charge in [-0.15, -0.1) is 11.3 Å². The number of hydrogen-bond donors (Lipinski definition) is 0. The van der Waals surface area contributed by atoms with E-state index in [0.29, 0.717) is 0 Å². The molecule has 0 saturated carbocycles. The number of rotatable bonds is 2. The summed E-state index contributed by atoms with van der Waals surface area (Å²) in [5.74, 6) is 0. The van der Waals surface area contributed by atoms with Crippen molar-refractivity contribution in [3.63, 3.8) is 0 Å². The number of thiophene rings is 1. The molecule has 0 saturated heterocycles. The lowest BCUT2D eigenvalue weighted by Crippen LogP contribution is -1.96. The minimum absolute atomic E-state index is 1.22. The van der Waals surface area contributed by atoms with Gasteiger partial charge >= 0.3 is 0 Å². The zero-order valence-electron chi connectivity index (χ0n) is 21.6. The number of benzene rings is 7. The van der Waals surface area contributed by atoms with Gasteiger partial charge in [0.1, 0.15) is 0 Å². The van der Waals surface area contributed by atoms with Crippen LogP contribution in [0.15, 0.2) is 140 Å². The highest BCUT2D eigenvalue weighted by Gasteiger charge is 2.22. The van der Waals surface area contributed by atoms with Gasteiger partial charge in [-0.2, -0.15) is 0 Å². The summed E-state index contributed by atoms with van der Waals surface area (Å²) in [7, 11) is 0. The lowest BCUT2D eigenvalue weighted by Gasteiger charge is -2.13. The van der Waals surface area contributed by atoms with E-state index in [1.807, 2.05) is 11.3 Å². The van der Waals surface area contributed by atoms with Crippen molar-refractivity contribution < 1.29 is 0 Å². The molecule has 40 heavy (non-hydrogen) atoms. The first-order chi connectivity index (χ1) is 19.9. The SMILES string of the molecule is c1ccc(-c2cccc3c2sc2c3c3ccccc3c3c2c2ccccc2n3-c2cccc3ccccc23)cc1. The minimum Gasteiger partial charge on any atom is -0.308 e. The van der Waals surface area contributed by atoms with Gasteiger partial charge in [0.15, 0.2) is 0 Å². The molecule has 0 N–H and O–H groups in total. The summed E-state index contributed by atoms with van der Waals surface area (Å²) in [5, 5.41) is 10.5. The number of hydrogen-bond acceptors (Lipinski definition) is 1. The minimum atomic E-state index is 1.22. The average molecular weight is 526 g/mol. The van der Waals surface area contributed by atoms with Crippen LogP contribution in [-0.2, 0) is 0 Å². The molecule has 0 amide bonds. The third kappa shape index (κ3) is 2.91. The fraction of sp³-hybridized carbons (Fsp3) is 0. The quantitative estimate of drug-likeness (QED) is 0.211. The molecule has 2 aromatic heterocycles. The summed E-state index contributed by atoms with van der Waals surface area (Å²) in [6.07, 6.45) is 0. The lowest BCUT2D eigenvalue weighted by molar-refractivity contribution is 1.20. The van der Waals surface area contributed by atoms with Gasteiger partial charge < -0.3 is 4.57 Å². The molecule has 9 aromatic rings. The Bertz CT molecular complexity index is 2420. The highest BCUT2D eigenvalue weighted by atomic mass is 32.1. The first-order valence-electron chi connectivity index (χ1n) is 13.7. The van der Waals surface area contributed by atoms with E-state index >= 15 is 0 Å². The summed E-state index contributed by atoms with van der Waals surface area (Å²) >= 11 is 1.94. The Morgan fingerprint density at radius 2 is 1.07 bits per heavy atom. The van der Waals surface area contributed by atoms with Gasteiger partial charge in [0, 0.05) is 41.7 Å². The van der Waals surface area contributed by atoms with Crippen LogP contribution in [0.1, 0.15) is 0 Å². The van der Waals surface area contributed by atoms with Crippen LogP contribution >= 0.6 is 11.3 Å². The molecular formula is C38H23NS. The monoisotopic (exact) mass is 525 g/mol. The van der Waals surface area contributed by atoms with E-state index in [2.05, 4.69) is 144 Å². The molecule has 7 aromatic carbocycles. The Balaban J connectivity index is 1.56. The summed E-state index contributed by atoms with van der Waals surface area (Å²) in [4.78, 5) is 0. The second kappa shape index (κ2) is 8.29. The van der Waals surface area contributed by atoms with Crippen molar-refractivity contribution >= 4 is 74.9 Å². The molecule has 2 heteroatoms. The van der Waals surface area contributed by atoms with Gasteiger partial charge in [-0.25, -0.2) is 0 Å². The molecule has 0 aliphatic heterocycles. The second-order valence-electron chi connectivity index (χ2n) is 10.5. The largest absolute Gasteiger partial charge is 0.308 e. The van der Waals surface area contributed by atoms with Crippen LogP contribution in [0.25, 0.3) is 80.3 Å². The van der Waals surface area contributed by atoms with Gasteiger partial charge in [-0.3, -0.25) is 0 Å². The molecule has 0 bridgehead atoms. The summed E-state index contributed by atoms with van der Waals surface area (Å²) in [5.41, 5.74) is 6.31. The maximum Gasteiger partial charge on any atom is 0.0634 e. The van der Waals surface area contributed by atoms with Crippen LogP contribution in [0.4, 0.5) is 0 Å². The molecule has 0 fully saturated rings. The molecule has 0 aliphatic carbocycles. The molecule has 0 aliphatic rings. The zero-order chi connectivity index (χ0) is 26.2. The van der Waals surface area contributed by atoms with Gasteiger partial charge in [-0.1, -0.05) is 127 Å². The summed E-state index contributed by atoms with van der Waals surface area (Å²) < 4.78 is 5.22. The van der Waals surface area contributed by atoms with Gasteiger partial charge in [-0.05, 0) is 34.0 Å². The molecule has 0 radical (unpaired) electrons. The van der Waals surface area contributed by atoms with Crippen molar-refractivity contribution in [1.82, 2.24) is 4.57 Å². The van der Waals surface area contributed by atoms with Gasteiger partial charge in [0.25, 0.3) is 0 Å². The smallest absolute Gasteiger partial charge is 0.0634 e. The predicted molar refractivity (Wildman–Crippen MR) is 174 cm³/mol. The number of aromatic nitrogens is 1. The molecular weight excluding hydrogens is 502 g/mol. The van der Waals surface area contributed by atoms with Gasteiger partial charge in [0.2, 0.25) is 0 Å². The van der Waals surface area contributed by atoms with Crippen molar-refractivity contribution in [2.75, 3.05) is 0 Å². The Morgan fingerprint density at radius 1 is 0.425 bits per heavy atom. The third-order valence-electron chi connectivity index (χ3n) is 8.36. The van der Waals surface area contributed by atoms with Crippen LogP contribution in [-0.4, -0.2) is 4.57 Å². The van der Waals surface area contributed by atoms with Crippen LogP contribution < -0.4 is 0 Å². The normalized spacial score (nSPS) is 12.0. The fourth-order valence-electron chi connectivity index (χ4n) is 6.69. The molecule has 186 valence electrons. The van der Waals surface area contributed by atoms with E-state index in [1.165, 1.54) is 80.3 Å². The zero-order valence-corrected chi connectivity index (χ0v) is 22.5. The first-order valence-corrected chi connectivity index (χ1v) is 14.5. The highest BCUT2D eigenvalue weighted by Crippen LogP contribution is 2.50. The Morgan fingerprint density at radius 3 is 1.95 bits per heavy atom. The molecule has 1 nitrogen and oxygen atoms in total. The van der Waals surface area contributed by atoms with Crippen LogP contribution in [0.2, 0.25) is 0 Å². The topological polar surface area (TPSA) is 4.93 Å². The van der Waals surface area contributed by atoms with E-state index in [1.54, 1.807) is 0 Å². The van der Waals surface area contributed by atoms with E-state index in [9.17, 15) is 0 Å². The molecule has 2 heterocycles. The third-order valence-corrected chi connectivity index (χ3v) is 9.62. The van der Waals surface area contributed by atoms with Crippen molar-refractivity contribution in [2.24, 2.45) is 0 Å². The number of para-hydroxylation sites is 1. The maximum atomic E-state index is 2.51. The highest BCUT2D eigenvalue weighted by molar-refractivity contribution is 7.27. The van der Waals surface area contributed by atoms with Crippen molar-refractivity contribution in [3.05, 3.63) is 140 Å². The molecule has 9 rings (SSSR count). The number of nitrogens with zero attached hydrogens (tertiary/aromatic N) is 1. The van der Waals surface area contributed by atoms with E-state index in [4.69, 9.17) is 0 Å². The van der Waals surface area contributed by atoms with Crippen molar-refractivity contribution in [1.29, 1.82) is 0 Å². The second-order valence-corrected chi connectivity index (χ2v) is 11.5. The Hall–Kier alpha value is -4.92. The first kappa shape index (κ1) is 22.0. The van der Waals surface area contributed by atoms with E-state index in [0.717, 1.165) is 0 Å². The number of fused-ring (bicyclic) bond motifs is 11. The van der Waals surface area contributed by atoms with Crippen molar-refractivity contribution in [2.45, 2.75) is 0 Å². The van der Waals surface area contributed by atoms with Crippen molar-refractivity contribution in [3.8, 4) is 16.8 Å². The summed E-state index contributed by atoms with van der Waals surface area (Å²) in [6.45, 7) is 0. The Kier molecular flexibility index (Phi) is 4.55. The lowest BCUT2D eigenvalue weighted by atomic mass is 9.97. The molecule has 0 spiro atoms. The standard InChI is InChI=1S/C38H23NS/c1-2-12-25(13-3-1)27-20-11-21-31-34-28-17-6-7-18-29(28)36-35(38(34)40-37(27)31)30-19-8-9-22-33(30)39(36)32-23-10-15-24-14-4-5-16-26(24)32/h1-23H. The van der Waals surface area contributed by atoms with E-state index < -0.39 is 0 Å². The summed E-state index contributed by atoms with van der Waals surface area (Å²) in [6, 6.07) is 50.9. The van der Waals surface area contributed by atoms with Gasteiger partial charge in [0.05, 0.1) is 16.7 Å². The molecule has 0 atom stereocenters. The Labute approximate surface area is 235 Å². The van der Waals surface area contributed by atoms with E-state index in [-0.39, 0.29) is 0 Å². The average Bonchev–Trinajstić information content (AvgIpc) is 3.58. The fourth-order valence-corrected chi connectivity index (χ4v) is 8.10. The maximum absolute atomic E-state index is 2.51. The molecule has 0 unspecified atom stereocenters. The van der Waals surface area contributed by atoms with Crippen LogP contribution in [0, 0.1) is 0 Å². The van der Waals surface area contributed by atoms with Crippen LogP contribution in [0.3, 0.4) is 0 Å². The van der Waals surface area contributed by atoms with Crippen LogP contribution in [0.5, 0.6) is 0 Å². The predicted octanol–water partition coefficient (Wildman–Crippen LogP) is 11.1.